The molecule has 6 nitrogen and oxygen atoms in total. The fraction of sp³-hybridized carbons (Fsp3) is 0.0526. The highest BCUT2D eigenvalue weighted by Gasteiger charge is 2.18. The van der Waals surface area contributed by atoms with Gasteiger partial charge in [-0.2, -0.15) is 0 Å². The minimum absolute atomic E-state index is 0.0316. The van der Waals surface area contributed by atoms with Crippen LogP contribution in [0.1, 0.15) is 16.2 Å². The number of anilines is 1. The minimum Gasteiger partial charge on any atom is -0.441 e. The second-order valence-corrected chi connectivity index (χ2v) is 6.28. The summed E-state index contributed by atoms with van der Waals surface area (Å²) in [5.74, 6) is -2.36. The first-order chi connectivity index (χ1) is 13.4. The molecule has 4 rings (SSSR count). The Morgan fingerprint density at radius 1 is 1.14 bits per heavy atom. The predicted molar refractivity (Wildman–Crippen MR) is 99.1 cm³/mol. The van der Waals surface area contributed by atoms with E-state index < -0.39 is 23.1 Å². The van der Waals surface area contributed by atoms with Crippen LogP contribution in [0.2, 0.25) is 5.02 Å². The highest BCUT2D eigenvalue weighted by atomic mass is 35.5. The molecule has 0 saturated carbocycles. The first-order valence-corrected chi connectivity index (χ1v) is 8.44. The van der Waals surface area contributed by atoms with Crippen LogP contribution in [0, 0.1) is 18.6 Å². The number of benzene rings is 2. The van der Waals surface area contributed by atoms with E-state index in [1.807, 2.05) is 0 Å². The Kier molecular flexibility index (Phi) is 4.48. The van der Waals surface area contributed by atoms with E-state index in [1.165, 1.54) is 18.5 Å². The van der Waals surface area contributed by atoms with Crippen molar-refractivity contribution in [2.24, 2.45) is 0 Å². The second-order valence-electron chi connectivity index (χ2n) is 5.87. The third-order valence-corrected chi connectivity index (χ3v) is 4.26. The van der Waals surface area contributed by atoms with Gasteiger partial charge < -0.3 is 9.73 Å². The molecule has 140 valence electrons. The van der Waals surface area contributed by atoms with E-state index in [2.05, 4.69) is 20.3 Å². The number of halogens is 3. The van der Waals surface area contributed by atoms with Gasteiger partial charge in [0.15, 0.2) is 17.3 Å². The number of carbonyl (C=O) groups excluding carboxylic acids is 1. The van der Waals surface area contributed by atoms with Gasteiger partial charge in [0.05, 0.1) is 23.1 Å². The van der Waals surface area contributed by atoms with Crippen LogP contribution >= 0.6 is 11.6 Å². The molecule has 28 heavy (non-hydrogen) atoms. The topological polar surface area (TPSA) is 80.9 Å². The molecule has 0 aliphatic rings. The van der Waals surface area contributed by atoms with E-state index in [0.29, 0.717) is 33.3 Å². The molecule has 9 heteroatoms. The van der Waals surface area contributed by atoms with E-state index in [1.54, 1.807) is 19.1 Å². The molecule has 0 fully saturated rings. The molecule has 1 amide bonds. The summed E-state index contributed by atoms with van der Waals surface area (Å²) in [5, 5.41) is 2.72. The van der Waals surface area contributed by atoms with Gasteiger partial charge in [0.2, 0.25) is 0 Å². The number of aromatic nitrogens is 3. The van der Waals surface area contributed by atoms with Crippen molar-refractivity contribution in [1.82, 2.24) is 15.0 Å². The quantitative estimate of drug-likeness (QED) is 0.535. The Morgan fingerprint density at radius 3 is 2.57 bits per heavy atom. The van der Waals surface area contributed by atoms with Gasteiger partial charge in [0, 0.05) is 12.5 Å². The molecule has 0 atom stereocenters. The number of carbonyl (C=O) groups is 1. The lowest BCUT2D eigenvalue weighted by Crippen LogP contribution is -2.16. The second kappa shape index (κ2) is 6.97. The van der Waals surface area contributed by atoms with Crippen molar-refractivity contribution in [2.45, 2.75) is 6.92 Å². The molecular weight excluding hydrogens is 390 g/mol. The van der Waals surface area contributed by atoms with Gasteiger partial charge in [0.25, 0.3) is 5.91 Å². The predicted octanol–water partition coefficient (Wildman–Crippen LogP) is 4.78. The Bertz CT molecular complexity index is 1190. The van der Waals surface area contributed by atoms with Crippen LogP contribution in [0.4, 0.5) is 14.6 Å². The molecule has 0 radical (unpaired) electrons. The van der Waals surface area contributed by atoms with E-state index in [4.69, 9.17) is 16.0 Å². The van der Waals surface area contributed by atoms with Crippen molar-refractivity contribution in [1.29, 1.82) is 0 Å². The maximum absolute atomic E-state index is 13.7. The summed E-state index contributed by atoms with van der Waals surface area (Å²) in [5.41, 5.74) is 1.47. The van der Waals surface area contributed by atoms with Crippen molar-refractivity contribution >= 4 is 34.4 Å². The van der Waals surface area contributed by atoms with Gasteiger partial charge in [-0.3, -0.25) is 9.78 Å². The average Bonchev–Trinajstić information content (AvgIpc) is 3.00. The molecule has 0 unspecified atom stereocenters. The Hall–Kier alpha value is -3.39. The number of rotatable bonds is 3. The number of nitrogens with zero attached hydrogens (tertiary/aromatic N) is 3. The first kappa shape index (κ1) is 18.0. The number of fused-ring (bicyclic) bond motifs is 1. The average molecular weight is 401 g/mol. The summed E-state index contributed by atoms with van der Waals surface area (Å²) in [6.45, 7) is 1.73. The van der Waals surface area contributed by atoms with Crippen molar-refractivity contribution in [2.75, 3.05) is 5.32 Å². The lowest BCUT2D eigenvalue weighted by atomic mass is 10.1. The van der Waals surface area contributed by atoms with Gasteiger partial charge in [-0.1, -0.05) is 17.7 Å². The summed E-state index contributed by atoms with van der Waals surface area (Å²) in [6, 6.07) is 6.51. The van der Waals surface area contributed by atoms with Gasteiger partial charge in [-0.05, 0) is 24.3 Å². The van der Waals surface area contributed by atoms with Crippen LogP contribution in [0.3, 0.4) is 0 Å². The summed E-state index contributed by atoms with van der Waals surface area (Å²) < 4.78 is 32.9. The zero-order valence-electron chi connectivity index (χ0n) is 14.3. The molecule has 4 aromatic rings. The summed E-state index contributed by atoms with van der Waals surface area (Å²) >= 11 is 6.28. The Morgan fingerprint density at radius 2 is 1.89 bits per heavy atom. The first-order valence-electron chi connectivity index (χ1n) is 8.07. The number of aryl methyl sites for hydroxylation is 1. The van der Waals surface area contributed by atoms with Crippen molar-refractivity contribution < 1.29 is 18.0 Å². The maximum atomic E-state index is 13.7. The zero-order valence-corrected chi connectivity index (χ0v) is 15.1. The molecule has 2 heterocycles. The molecule has 0 aliphatic carbocycles. The number of nitrogens with one attached hydrogen (secondary N) is 1. The highest BCUT2D eigenvalue weighted by Crippen LogP contribution is 2.31. The van der Waals surface area contributed by atoms with Crippen LogP contribution in [0.25, 0.3) is 22.4 Å². The number of oxazole rings is 1. The van der Waals surface area contributed by atoms with Gasteiger partial charge >= 0.3 is 0 Å². The van der Waals surface area contributed by atoms with Gasteiger partial charge in [-0.25, -0.2) is 18.7 Å². The van der Waals surface area contributed by atoms with Crippen LogP contribution in [0.15, 0.2) is 47.1 Å². The lowest BCUT2D eigenvalue weighted by Gasteiger charge is -2.07. The Labute approximate surface area is 162 Å². The molecular formula is C19H11ClF2N4O2. The molecule has 0 saturated heterocycles. The Balaban J connectivity index is 1.61. The molecule has 2 aromatic heterocycles. The molecule has 0 bridgehead atoms. The fourth-order valence-electron chi connectivity index (χ4n) is 2.69. The third kappa shape index (κ3) is 3.29. The molecule has 1 N–H and O–H groups in total. The fourth-order valence-corrected chi connectivity index (χ4v) is 2.94. The number of amides is 1. The van der Waals surface area contributed by atoms with E-state index in [-0.39, 0.29) is 5.82 Å². The maximum Gasteiger partial charge on any atom is 0.262 e. The van der Waals surface area contributed by atoms with Crippen LogP contribution < -0.4 is 5.32 Å². The minimum atomic E-state index is -0.968. The van der Waals surface area contributed by atoms with E-state index >= 15 is 0 Å². The summed E-state index contributed by atoms with van der Waals surface area (Å²) in [4.78, 5) is 24.6. The lowest BCUT2D eigenvalue weighted by molar-refractivity contribution is 0.101. The van der Waals surface area contributed by atoms with E-state index in [9.17, 15) is 13.6 Å². The smallest absolute Gasteiger partial charge is 0.262 e. The van der Waals surface area contributed by atoms with Crippen molar-refractivity contribution in [3.05, 3.63) is 70.8 Å². The largest absolute Gasteiger partial charge is 0.441 e. The summed E-state index contributed by atoms with van der Waals surface area (Å²) in [7, 11) is 0. The number of hydrogen-bond acceptors (Lipinski definition) is 5. The van der Waals surface area contributed by atoms with E-state index in [0.717, 1.165) is 12.1 Å². The molecule has 2 aromatic carbocycles. The highest BCUT2D eigenvalue weighted by molar-refractivity contribution is 6.34. The standard InChI is InChI=1S/C19H11ClF2N4O2/c1-9-25-14-6-11(20)10(5-16(14)28-9)15-7-24-17(8-23-15)26-19(27)18-12(21)3-2-4-13(18)22/h2-8H,1H3,(H,24,26,27). The molecule has 0 aliphatic heterocycles. The SMILES string of the molecule is Cc1nc2cc(Cl)c(-c3cnc(NC(=O)c4c(F)cccc4F)cn3)cc2o1. The van der Waals surface area contributed by atoms with Crippen LogP contribution in [0.5, 0.6) is 0 Å². The molecule has 0 spiro atoms. The third-order valence-electron chi connectivity index (χ3n) is 3.94. The van der Waals surface area contributed by atoms with Crippen LogP contribution in [-0.4, -0.2) is 20.9 Å². The normalized spacial score (nSPS) is 11.0. The van der Waals surface area contributed by atoms with Crippen molar-refractivity contribution in [3.8, 4) is 11.3 Å². The van der Waals surface area contributed by atoms with Crippen molar-refractivity contribution in [3.63, 3.8) is 0 Å². The monoisotopic (exact) mass is 400 g/mol. The van der Waals surface area contributed by atoms with Gasteiger partial charge in [-0.15, -0.1) is 0 Å². The van der Waals surface area contributed by atoms with Gasteiger partial charge in [0.1, 0.15) is 22.7 Å². The zero-order chi connectivity index (χ0) is 19.8. The van der Waals surface area contributed by atoms with Crippen LogP contribution in [-0.2, 0) is 0 Å². The summed E-state index contributed by atoms with van der Waals surface area (Å²) in [6.07, 6.45) is 2.64. The number of hydrogen-bond donors (Lipinski definition) is 1.